The number of hydrogen-bond acceptors (Lipinski definition) is 5. The van der Waals surface area contributed by atoms with Gasteiger partial charge in [-0.15, -0.1) is 11.3 Å². The van der Waals surface area contributed by atoms with E-state index < -0.39 is 0 Å². The Bertz CT molecular complexity index is 985. The Labute approximate surface area is 195 Å². The standard InChI is InChI=1S/C23H29IN2O3S/c1-5-23(3,4)13-7-8-14-17(11-13)30-22-18(14)21(28)25-20(26-22)12-9-15(24)19(27)16(10-12)29-6-2/h9-10,13,20,26-27H,5-8,11H2,1-4H3,(H,25,28)/t13-,20-/m0/s1. The normalized spacial score (nSPS) is 20.8. The fraction of sp³-hybridized carbons (Fsp3) is 0.522. The van der Waals surface area contributed by atoms with Crippen LogP contribution in [0.25, 0.3) is 0 Å². The van der Waals surface area contributed by atoms with Crippen molar-refractivity contribution in [3.05, 3.63) is 37.3 Å². The van der Waals surface area contributed by atoms with Gasteiger partial charge in [0.1, 0.15) is 11.2 Å². The van der Waals surface area contributed by atoms with Crippen LogP contribution in [0.2, 0.25) is 0 Å². The van der Waals surface area contributed by atoms with Gasteiger partial charge in [-0.1, -0.05) is 27.2 Å². The van der Waals surface area contributed by atoms with E-state index in [0.29, 0.717) is 27.3 Å². The second-order valence-corrected chi connectivity index (χ2v) is 11.1. The highest BCUT2D eigenvalue weighted by molar-refractivity contribution is 14.1. The minimum absolute atomic E-state index is 0.0134. The van der Waals surface area contributed by atoms with Crippen molar-refractivity contribution in [3.8, 4) is 11.5 Å². The van der Waals surface area contributed by atoms with Crippen molar-refractivity contribution in [2.75, 3.05) is 11.9 Å². The van der Waals surface area contributed by atoms with E-state index in [-0.39, 0.29) is 17.8 Å². The van der Waals surface area contributed by atoms with Crippen molar-refractivity contribution >= 4 is 44.8 Å². The second-order valence-electron chi connectivity index (χ2n) is 8.82. The third-order valence-electron chi connectivity index (χ3n) is 6.74. The van der Waals surface area contributed by atoms with Crippen molar-refractivity contribution in [1.82, 2.24) is 5.32 Å². The fourth-order valence-corrected chi connectivity index (χ4v) is 6.42. The van der Waals surface area contributed by atoms with Gasteiger partial charge in [0, 0.05) is 4.88 Å². The Hall–Kier alpha value is -1.48. The highest BCUT2D eigenvalue weighted by Crippen LogP contribution is 2.47. The molecule has 1 amide bonds. The van der Waals surface area contributed by atoms with E-state index in [9.17, 15) is 9.90 Å². The van der Waals surface area contributed by atoms with Gasteiger partial charge < -0.3 is 20.5 Å². The van der Waals surface area contributed by atoms with E-state index in [2.05, 4.69) is 54.0 Å². The number of rotatable bonds is 5. The first kappa shape index (κ1) is 21.7. The number of ether oxygens (including phenoxy) is 1. The van der Waals surface area contributed by atoms with Gasteiger partial charge >= 0.3 is 0 Å². The fourth-order valence-electron chi connectivity index (χ4n) is 4.45. The number of phenolic OH excluding ortho intramolecular Hbond substituents is 1. The average Bonchev–Trinajstić information content (AvgIpc) is 3.09. The molecule has 7 heteroatoms. The summed E-state index contributed by atoms with van der Waals surface area (Å²) >= 11 is 3.83. The number of phenols is 1. The Morgan fingerprint density at radius 3 is 2.77 bits per heavy atom. The number of aromatic hydroxyl groups is 1. The maximum atomic E-state index is 13.1. The second kappa shape index (κ2) is 8.22. The lowest BCUT2D eigenvalue weighted by Crippen LogP contribution is -2.38. The molecule has 0 bridgehead atoms. The molecule has 0 spiro atoms. The van der Waals surface area contributed by atoms with Crippen LogP contribution in [0.15, 0.2) is 12.1 Å². The summed E-state index contributed by atoms with van der Waals surface area (Å²) in [5, 5.41) is 17.8. The highest BCUT2D eigenvalue weighted by atomic mass is 127. The van der Waals surface area contributed by atoms with Crippen LogP contribution in [0, 0.1) is 14.9 Å². The monoisotopic (exact) mass is 540 g/mol. The molecule has 1 aromatic heterocycles. The summed E-state index contributed by atoms with van der Waals surface area (Å²) < 4.78 is 6.27. The predicted molar refractivity (Wildman–Crippen MR) is 130 cm³/mol. The maximum Gasteiger partial charge on any atom is 0.256 e. The third kappa shape index (κ3) is 3.79. The molecule has 0 radical (unpaired) electrons. The van der Waals surface area contributed by atoms with E-state index in [1.807, 2.05) is 13.0 Å². The van der Waals surface area contributed by atoms with Gasteiger partial charge in [0.2, 0.25) is 0 Å². The lowest BCUT2D eigenvalue weighted by atomic mass is 9.69. The van der Waals surface area contributed by atoms with E-state index in [1.54, 1.807) is 17.4 Å². The molecule has 2 aromatic rings. The number of hydrogen-bond donors (Lipinski definition) is 3. The van der Waals surface area contributed by atoms with E-state index in [1.165, 1.54) is 16.9 Å². The Kier molecular flexibility index (Phi) is 5.96. The van der Waals surface area contributed by atoms with Crippen molar-refractivity contribution in [2.45, 2.75) is 59.5 Å². The number of thiophene rings is 1. The molecule has 3 N–H and O–H groups in total. The Balaban J connectivity index is 1.64. The maximum absolute atomic E-state index is 13.1. The first-order valence-electron chi connectivity index (χ1n) is 10.6. The number of benzene rings is 1. The molecule has 30 heavy (non-hydrogen) atoms. The van der Waals surface area contributed by atoms with Gasteiger partial charge in [-0.25, -0.2) is 0 Å². The van der Waals surface area contributed by atoms with Crippen LogP contribution >= 0.6 is 33.9 Å². The van der Waals surface area contributed by atoms with Crippen molar-refractivity contribution in [2.24, 2.45) is 11.3 Å². The molecule has 2 aliphatic rings. The smallest absolute Gasteiger partial charge is 0.256 e. The third-order valence-corrected chi connectivity index (χ3v) is 8.75. The van der Waals surface area contributed by atoms with Gasteiger partial charge in [0.15, 0.2) is 11.5 Å². The molecule has 0 saturated heterocycles. The molecule has 0 saturated carbocycles. The zero-order valence-corrected chi connectivity index (χ0v) is 20.9. The number of nitrogens with one attached hydrogen (secondary N) is 2. The summed E-state index contributed by atoms with van der Waals surface area (Å²) in [4.78, 5) is 14.4. The lowest BCUT2D eigenvalue weighted by molar-refractivity contribution is 0.0934. The summed E-state index contributed by atoms with van der Waals surface area (Å²) in [6.45, 7) is 9.34. The van der Waals surface area contributed by atoms with Crippen molar-refractivity contribution in [1.29, 1.82) is 0 Å². The largest absolute Gasteiger partial charge is 0.504 e. The number of anilines is 1. The molecule has 4 rings (SSSR count). The van der Waals surface area contributed by atoms with Crippen LogP contribution in [0.4, 0.5) is 5.00 Å². The molecular formula is C23H29IN2O3S. The SMILES string of the molecule is CCOc1cc([C@H]2NC(=O)c3c(sc4c3CC[C@H](C(C)(C)CC)C4)N2)cc(I)c1O. The van der Waals surface area contributed by atoms with E-state index in [0.717, 1.165) is 35.4 Å². The summed E-state index contributed by atoms with van der Waals surface area (Å²) in [7, 11) is 0. The zero-order chi connectivity index (χ0) is 21.6. The van der Waals surface area contributed by atoms with Crippen LogP contribution in [0.1, 0.15) is 73.1 Å². The van der Waals surface area contributed by atoms with Crippen LogP contribution in [-0.4, -0.2) is 17.6 Å². The molecule has 0 fully saturated rings. The lowest BCUT2D eigenvalue weighted by Gasteiger charge is -2.36. The molecule has 162 valence electrons. The van der Waals surface area contributed by atoms with E-state index in [4.69, 9.17) is 4.74 Å². The first-order valence-corrected chi connectivity index (χ1v) is 12.5. The van der Waals surface area contributed by atoms with Gasteiger partial charge in [-0.2, -0.15) is 0 Å². The van der Waals surface area contributed by atoms with Crippen LogP contribution in [0.5, 0.6) is 11.5 Å². The number of carbonyl (C=O) groups is 1. The molecule has 1 aliphatic carbocycles. The first-order chi connectivity index (χ1) is 14.2. The summed E-state index contributed by atoms with van der Waals surface area (Å²) in [6, 6.07) is 3.69. The summed E-state index contributed by atoms with van der Waals surface area (Å²) in [5.41, 5.74) is 3.25. The van der Waals surface area contributed by atoms with E-state index >= 15 is 0 Å². The Morgan fingerprint density at radius 2 is 2.07 bits per heavy atom. The minimum Gasteiger partial charge on any atom is -0.504 e. The topological polar surface area (TPSA) is 70.6 Å². The quantitative estimate of drug-likeness (QED) is 0.416. The molecule has 1 aromatic carbocycles. The van der Waals surface area contributed by atoms with Crippen molar-refractivity contribution in [3.63, 3.8) is 0 Å². The number of halogens is 1. The van der Waals surface area contributed by atoms with Crippen molar-refractivity contribution < 1.29 is 14.6 Å². The van der Waals surface area contributed by atoms with Gasteiger partial charge in [0.25, 0.3) is 5.91 Å². The van der Waals surface area contributed by atoms with Gasteiger partial charge in [0.05, 0.1) is 15.7 Å². The summed E-state index contributed by atoms with van der Waals surface area (Å²) in [5.74, 6) is 1.22. The minimum atomic E-state index is -0.346. The summed E-state index contributed by atoms with van der Waals surface area (Å²) in [6.07, 6.45) is 3.99. The number of carbonyl (C=O) groups excluding carboxylic acids is 1. The molecule has 1 aliphatic heterocycles. The Morgan fingerprint density at radius 1 is 1.30 bits per heavy atom. The molecule has 5 nitrogen and oxygen atoms in total. The van der Waals surface area contributed by atoms with Gasteiger partial charge in [-0.3, -0.25) is 4.79 Å². The van der Waals surface area contributed by atoms with Gasteiger partial charge in [-0.05, 0) is 83.4 Å². The average molecular weight is 540 g/mol. The predicted octanol–water partition coefficient (Wildman–Crippen LogP) is 5.85. The molecular weight excluding hydrogens is 511 g/mol. The number of amides is 1. The molecule has 2 atom stereocenters. The molecule has 2 heterocycles. The van der Waals surface area contributed by atoms with Crippen LogP contribution < -0.4 is 15.4 Å². The molecule has 0 unspecified atom stereocenters. The van der Waals surface area contributed by atoms with Crippen LogP contribution in [0.3, 0.4) is 0 Å². The highest BCUT2D eigenvalue weighted by Gasteiger charge is 2.37. The zero-order valence-electron chi connectivity index (χ0n) is 17.9. The van der Waals surface area contributed by atoms with Crippen LogP contribution in [-0.2, 0) is 12.8 Å². The number of fused-ring (bicyclic) bond motifs is 3.